The van der Waals surface area contributed by atoms with E-state index in [0.717, 1.165) is 6.42 Å². The second kappa shape index (κ2) is 14.1. The Balaban J connectivity index is 1.36. The highest BCUT2D eigenvalue weighted by atomic mass is 32.1. The molecule has 1 atom stereocenters. The average molecular weight is 847 g/mol. The molecule has 1 aromatic heterocycles. The zero-order valence-corrected chi connectivity index (χ0v) is 41.3. The first-order chi connectivity index (χ1) is 29.5. The first-order valence-electron chi connectivity index (χ1n) is 23.6. The number of rotatable bonds is 3. The topological polar surface area (TPSA) is 6.48 Å². The molecule has 0 saturated carbocycles. The van der Waals surface area contributed by atoms with Crippen LogP contribution in [0, 0.1) is 18.3 Å². The van der Waals surface area contributed by atoms with E-state index in [1.165, 1.54) is 112 Å². The van der Waals surface area contributed by atoms with E-state index in [4.69, 9.17) is 0 Å². The molecular weight excluding hydrogens is 780 g/mol. The lowest BCUT2D eigenvalue weighted by Gasteiger charge is -2.47. The maximum Gasteiger partial charge on any atom is 0.254 e. The van der Waals surface area contributed by atoms with Gasteiger partial charge in [0.2, 0.25) is 0 Å². The number of nitrogens with zero attached hydrogens (tertiary/aromatic N) is 2. The minimum absolute atomic E-state index is 0.0225. The molecule has 2 aliphatic carbocycles. The van der Waals surface area contributed by atoms with Crippen molar-refractivity contribution in [2.75, 3.05) is 9.80 Å². The van der Waals surface area contributed by atoms with Gasteiger partial charge in [-0.25, -0.2) is 0 Å². The van der Waals surface area contributed by atoms with Gasteiger partial charge in [-0.1, -0.05) is 157 Å². The Hall–Kier alpha value is -4.80. The second-order valence-electron chi connectivity index (χ2n) is 23.8. The van der Waals surface area contributed by atoms with Crippen LogP contribution in [0.25, 0.3) is 21.2 Å². The smallest absolute Gasteiger partial charge is 0.254 e. The third-order valence-electron chi connectivity index (χ3n) is 15.4. The molecule has 3 heterocycles. The van der Waals surface area contributed by atoms with E-state index in [0.29, 0.717) is 5.92 Å². The van der Waals surface area contributed by atoms with Gasteiger partial charge < -0.3 is 9.80 Å². The van der Waals surface area contributed by atoms with Crippen LogP contribution in [0.4, 0.5) is 27.8 Å². The van der Waals surface area contributed by atoms with Gasteiger partial charge in [0.1, 0.15) is 0 Å². The van der Waals surface area contributed by atoms with Crippen LogP contribution in [0.5, 0.6) is 0 Å². The molecule has 0 N–H and O–H groups in total. The first-order valence-corrected chi connectivity index (χ1v) is 24.4. The molecule has 4 heteroatoms. The Morgan fingerprint density at radius 1 is 0.651 bits per heavy atom. The molecule has 2 nitrogen and oxygen atoms in total. The first kappa shape index (κ1) is 42.2. The Morgan fingerprint density at radius 2 is 1.27 bits per heavy atom. The highest BCUT2D eigenvalue weighted by Gasteiger charge is 2.48. The fraction of sp³-hybridized carbons (Fsp3) is 0.390. The maximum absolute atomic E-state index is 2.69. The Kier molecular flexibility index (Phi) is 9.44. The molecule has 0 radical (unpaired) electrons. The van der Waals surface area contributed by atoms with Crippen molar-refractivity contribution in [3.05, 3.63) is 143 Å². The summed E-state index contributed by atoms with van der Waals surface area (Å²) in [4.78, 5) is 5.34. The van der Waals surface area contributed by atoms with Crippen molar-refractivity contribution in [3.8, 4) is 11.1 Å². The number of aryl methyl sites for hydroxylation is 1. The van der Waals surface area contributed by atoms with Gasteiger partial charge in [-0.3, -0.25) is 0 Å². The minimum atomic E-state index is 0.0225. The maximum atomic E-state index is 2.69. The molecule has 0 fully saturated rings. The number of thiophene rings is 1. The van der Waals surface area contributed by atoms with Crippen molar-refractivity contribution in [2.45, 2.75) is 138 Å². The highest BCUT2D eigenvalue weighted by Crippen LogP contribution is 2.52. The van der Waals surface area contributed by atoms with E-state index in [2.05, 4.69) is 216 Å². The van der Waals surface area contributed by atoms with Gasteiger partial charge in [-0.05, 0) is 162 Å². The van der Waals surface area contributed by atoms with Crippen LogP contribution in [0.2, 0.25) is 0 Å². The van der Waals surface area contributed by atoms with E-state index in [-0.39, 0.29) is 33.8 Å². The zero-order chi connectivity index (χ0) is 44.8. The van der Waals surface area contributed by atoms with E-state index in [9.17, 15) is 0 Å². The summed E-state index contributed by atoms with van der Waals surface area (Å²) in [6.45, 7) is 33.4. The molecule has 4 aliphatic rings. The van der Waals surface area contributed by atoms with Gasteiger partial charge in [0.25, 0.3) is 6.71 Å². The lowest BCUT2D eigenvalue weighted by atomic mass is 9.33. The predicted molar refractivity (Wildman–Crippen MR) is 277 cm³/mol. The lowest BCUT2D eigenvalue weighted by Crippen LogP contribution is -2.61. The van der Waals surface area contributed by atoms with Crippen LogP contribution in [0.15, 0.2) is 115 Å². The third-order valence-corrected chi connectivity index (χ3v) is 16.6. The monoisotopic (exact) mass is 847 g/mol. The molecule has 1 unspecified atom stereocenters. The largest absolute Gasteiger partial charge is 0.311 e. The van der Waals surface area contributed by atoms with Gasteiger partial charge >= 0.3 is 0 Å². The van der Waals surface area contributed by atoms with Crippen molar-refractivity contribution < 1.29 is 0 Å². The molecule has 0 saturated heterocycles. The summed E-state index contributed by atoms with van der Waals surface area (Å²) in [6, 6.07) is 36.3. The summed E-state index contributed by atoms with van der Waals surface area (Å²) in [5.74, 6) is 0.486. The molecule has 0 bridgehead atoms. The van der Waals surface area contributed by atoms with Crippen LogP contribution < -0.4 is 26.2 Å². The SMILES string of the molecule is Cc1ccccc1-c1cc2c3c(c1)N(c1ccc(C(C)(C)C)cc1)c1cc4c(cc1B3c1c(sc3ccc(C(C)(C)C)cc13)N2C1=CCC(C(C)(C)C)C=C1)C(C)(C)CCC4(C)C. The predicted octanol–water partition coefficient (Wildman–Crippen LogP) is 15.1. The average Bonchev–Trinajstić information content (AvgIpc) is 3.60. The molecule has 0 spiro atoms. The number of hydrogen-bond acceptors (Lipinski definition) is 3. The van der Waals surface area contributed by atoms with Gasteiger partial charge in [-0.2, -0.15) is 0 Å². The summed E-state index contributed by atoms with van der Waals surface area (Å²) in [7, 11) is 0. The number of anilines is 5. The van der Waals surface area contributed by atoms with Crippen molar-refractivity contribution in [1.29, 1.82) is 0 Å². The van der Waals surface area contributed by atoms with Crippen LogP contribution >= 0.6 is 11.3 Å². The fourth-order valence-corrected chi connectivity index (χ4v) is 12.4. The lowest BCUT2D eigenvalue weighted by molar-refractivity contribution is 0.293. The van der Waals surface area contributed by atoms with Gasteiger partial charge in [0.05, 0.1) is 5.00 Å². The van der Waals surface area contributed by atoms with E-state index in [1.807, 2.05) is 11.3 Å². The number of fused-ring (bicyclic) bond motifs is 7. The zero-order valence-electron chi connectivity index (χ0n) is 40.5. The quantitative estimate of drug-likeness (QED) is 0.164. The number of hydrogen-bond donors (Lipinski definition) is 0. The number of benzene rings is 5. The third kappa shape index (κ3) is 6.79. The van der Waals surface area contributed by atoms with Crippen LogP contribution in [0.1, 0.15) is 137 Å². The molecule has 6 aromatic rings. The van der Waals surface area contributed by atoms with Crippen LogP contribution in [0.3, 0.4) is 0 Å². The molecule has 0 amide bonds. The Labute approximate surface area is 383 Å². The van der Waals surface area contributed by atoms with Crippen molar-refractivity contribution in [3.63, 3.8) is 0 Å². The van der Waals surface area contributed by atoms with Gasteiger partial charge in [0.15, 0.2) is 0 Å². The molecule has 10 rings (SSSR count). The summed E-state index contributed by atoms with van der Waals surface area (Å²) < 4.78 is 1.36. The van der Waals surface area contributed by atoms with Crippen molar-refractivity contribution in [2.24, 2.45) is 11.3 Å². The van der Waals surface area contributed by atoms with E-state index >= 15 is 0 Å². The van der Waals surface area contributed by atoms with Crippen molar-refractivity contribution in [1.82, 2.24) is 0 Å². The second-order valence-corrected chi connectivity index (χ2v) is 24.9. The van der Waals surface area contributed by atoms with Crippen LogP contribution in [-0.2, 0) is 21.7 Å². The van der Waals surface area contributed by atoms with Crippen LogP contribution in [-0.4, -0.2) is 6.71 Å². The summed E-state index contributed by atoms with van der Waals surface area (Å²) in [5, 5.41) is 2.76. The van der Waals surface area contributed by atoms with Gasteiger partial charge in [-0.15, -0.1) is 11.3 Å². The van der Waals surface area contributed by atoms with E-state index in [1.54, 1.807) is 0 Å². The molecule has 63 heavy (non-hydrogen) atoms. The van der Waals surface area contributed by atoms with Gasteiger partial charge in [0, 0.05) is 33.1 Å². The Bertz CT molecular complexity index is 2900. The minimum Gasteiger partial charge on any atom is -0.311 e. The highest BCUT2D eigenvalue weighted by molar-refractivity contribution is 7.26. The normalized spacial score (nSPS) is 18.8. The Morgan fingerprint density at radius 3 is 1.87 bits per heavy atom. The standard InChI is InChI=1S/C59H67BN2S/c1-36-17-15-16-18-43(36)37-31-49-53-50(32-37)62(42-26-21-39(22-27-42)56(5,6)7)54-52(44-33-40(57(8,9)10)23-28-51(44)63-54)60(53)47-34-45-46(59(13,14)30-29-58(45,11)12)35-48(47)61(49)41-24-19-38(20-25-41)55(2,3)4/h15-21,23-28,31-35,39H,22,29-30H2,1-14H3. The molecule has 5 aromatic carbocycles. The fourth-order valence-electron chi connectivity index (χ4n) is 11.2. The molecule has 2 aliphatic heterocycles. The molecule has 322 valence electrons. The summed E-state index contributed by atoms with van der Waals surface area (Å²) in [6.07, 6.45) is 10.9. The van der Waals surface area contributed by atoms with E-state index < -0.39 is 0 Å². The molecular formula is C59H67BN2S. The number of allylic oxidation sites excluding steroid dienone is 3. The van der Waals surface area contributed by atoms with Crippen molar-refractivity contribution >= 4 is 72.3 Å². The summed E-state index contributed by atoms with van der Waals surface area (Å²) >= 11 is 1.99. The summed E-state index contributed by atoms with van der Waals surface area (Å²) in [5.41, 5.74) is 20.7.